The van der Waals surface area contributed by atoms with Gasteiger partial charge in [0.2, 0.25) is 0 Å². The van der Waals surface area contributed by atoms with Crippen LogP contribution in [0, 0.1) is 6.92 Å². The Morgan fingerprint density at radius 3 is 2.29 bits per heavy atom. The highest BCUT2D eigenvalue weighted by Crippen LogP contribution is 2.27. The lowest BCUT2D eigenvalue weighted by molar-refractivity contribution is 0.677. The van der Waals surface area contributed by atoms with Gasteiger partial charge in [-0.15, -0.1) is 0 Å². The van der Waals surface area contributed by atoms with Gasteiger partial charge >= 0.3 is 0 Å². The van der Waals surface area contributed by atoms with E-state index in [4.69, 9.17) is 15.1 Å². The third-order valence-corrected chi connectivity index (χ3v) is 6.49. The first-order valence-electron chi connectivity index (χ1n) is 13.2. The Morgan fingerprint density at radius 1 is 0.941 bits per heavy atom. The monoisotopic (exact) mass is 463 g/mol. The van der Waals surface area contributed by atoms with Gasteiger partial charge in [-0.05, 0) is 70.2 Å². The van der Waals surface area contributed by atoms with Gasteiger partial charge in [-0.3, -0.25) is 4.79 Å². The van der Waals surface area contributed by atoms with E-state index in [1.54, 1.807) is 0 Å². The zero-order chi connectivity index (χ0) is 24.7. The van der Waals surface area contributed by atoms with Crippen molar-refractivity contribution in [3.05, 3.63) is 51.2 Å². The molecule has 2 aromatic rings. The zero-order valence-electron chi connectivity index (χ0n) is 21.9. The van der Waals surface area contributed by atoms with Crippen molar-refractivity contribution in [1.82, 2.24) is 9.66 Å². The van der Waals surface area contributed by atoms with Gasteiger partial charge in [0.1, 0.15) is 5.71 Å². The van der Waals surface area contributed by atoms with Crippen LogP contribution in [-0.2, 0) is 12.8 Å². The number of aryl methyl sites for hydroxylation is 2. The van der Waals surface area contributed by atoms with Gasteiger partial charge in [0.15, 0.2) is 5.82 Å². The van der Waals surface area contributed by atoms with Crippen molar-refractivity contribution in [3.8, 4) is 0 Å². The summed E-state index contributed by atoms with van der Waals surface area (Å²) < 4.78 is 1.52. The average molecular weight is 464 g/mol. The lowest BCUT2D eigenvalue weighted by atomic mass is 10.0. The first-order chi connectivity index (χ1) is 16.5. The molecule has 0 amide bonds. The van der Waals surface area contributed by atoms with Crippen LogP contribution in [-0.4, -0.2) is 34.2 Å². The summed E-state index contributed by atoms with van der Waals surface area (Å²) in [6, 6.07) is 6.40. The third-order valence-electron chi connectivity index (χ3n) is 6.49. The van der Waals surface area contributed by atoms with Crippen LogP contribution in [0.5, 0.6) is 0 Å². The molecule has 6 heteroatoms. The van der Waals surface area contributed by atoms with Crippen LogP contribution in [0.15, 0.2) is 33.1 Å². The van der Waals surface area contributed by atoms with Crippen molar-refractivity contribution in [2.45, 2.75) is 92.9 Å². The number of hydrogen-bond donors (Lipinski definition) is 0. The van der Waals surface area contributed by atoms with Gasteiger partial charge in [-0.1, -0.05) is 46.5 Å². The minimum Gasteiger partial charge on any atom is -0.372 e. The summed E-state index contributed by atoms with van der Waals surface area (Å²) in [6.45, 7) is 14.8. The van der Waals surface area contributed by atoms with Crippen molar-refractivity contribution < 1.29 is 0 Å². The Balaban J connectivity index is 2.10. The molecule has 34 heavy (non-hydrogen) atoms. The van der Waals surface area contributed by atoms with E-state index in [9.17, 15) is 4.79 Å². The zero-order valence-corrected chi connectivity index (χ0v) is 21.9. The number of nitrogens with zero attached hydrogens (tertiary/aromatic N) is 5. The number of aliphatic imine (C=N–C) groups is 1. The molecule has 0 aliphatic carbocycles. The molecule has 1 aliphatic heterocycles. The number of rotatable bonds is 12. The second-order valence-electron chi connectivity index (χ2n) is 9.08. The fraction of sp³-hybridized carbons (Fsp3) is 0.571. The molecule has 0 saturated carbocycles. The van der Waals surface area contributed by atoms with Gasteiger partial charge in [-0.25, -0.2) is 9.98 Å². The topological polar surface area (TPSA) is 62.9 Å². The third kappa shape index (κ3) is 5.48. The SMILES string of the molecule is CCCCCc1c(CCC)nc2n(c1=O)N=C(CCC)C2=Nc1ccc(N(CC)CC)cc1C. The minimum absolute atomic E-state index is 0.0167. The molecule has 0 fully saturated rings. The number of benzene rings is 1. The Kier molecular flexibility index (Phi) is 9.20. The first kappa shape index (κ1) is 25.9. The van der Waals surface area contributed by atoms with E-state index >= 15 is 0 Å². The lowest BCUT2D eigenvalue weighted by Gasteiger charge is -2.21. The quantitative estimate of drug-likeness (QED) is 0.351. The van der Waals surface area contributed by atoms with E-state index in [1.807, 2.05) is 0 Å². The summed E-state index contributed by atoms with van der Waals surface area (Å²) in [5.74, 6) is 0.600. The van der Waals surface area contributed by atoms with Crippen LogP contribution in [0.1, 0.15) is 95.8 Å². The molecule has 0 saturated heterocycles. The highest BCUT2D eigenvalue weighted by atomic mass is 16.1. The normalized spacial score (nSPS) is 13.9. The van der Waals surface area contributed by atoms with E-state index in [0.29, 0.717) is 5.82 Å². The maximum absolute atomic E-state index is 13.5. The van der Waals surface area contributed by atoms with Crippen LogP contribution >= 0.6 is 0 Å². The number of unbranched alkanes of at least 4 members (excludes halogenated alkanes) is 2. The van der Waals surface area contributed by atoms with E-state index in [2.05, 4.69) is 64.6 Å². The second kappa shape index (κ2) is 12.1. The fourth-order valence-corrected chi connectivity index (χ4v) is 4.57. The van der Waals surface area contributed by atoms with Crippen molar-refractivity contribution in [1.29, 1.82) is 0 Å². The van der Waals surface area contributed by atoms with E-state index in [-0.39, 0.29) is 5.56 Å². The Labute approximate surface area is 204 Å². The summed E-state index contributed by atoms with van der Waals surface area (Å²) in [5, 5.41) is 4.73. The van der Waals surface area contributed by atoms with Crippen molar-refractivity contribution in [2.24, 2.45) is 10.1 Å². The molecular weight excluding hydrogens is 422 g/mol. The molecule has 1 aromatic carbocycles. The Morgan fingerprint density at radius 2 is 1.68 bits per heavy atom. The van der Waals surface area contributed by atoms with Crippen molar-refractivity contribution in [2.75, 3.05) is 18.0 Å². The maximum Gasteiger partial charge on any atom is 0.277 e. The van der Waals surface area contributed by atoms with Gasteiger partial charge in [0.25, 0.3) is 5.56 Å². The number of aromatic nitrogens is 2. The number of fused-ring (bicyclic) bond motifs is 1. The lowest BCUT2D eigenvalue weighted by Crippen LogP contribution is -2.27. The van der Waals surface area contributed by atoms with E-state index in [0.717, 1.165) is 98.4 Å². The summed E-state index contributed by atoms with van der Waals surface area (Å²) in [6.07, 6.45) is 7.49. The molecule has 0 bridgehead atoms. The van der Waals surface area contributed by atoms with Crippen LogP contribution < -0.4 is 10.5 Å². The van der Waals surface area contributed by atoms with Crippen LogP contribution in [0.2, 0.25) is 0 Å². The number of anilines is 1. The number of hydrogen-bond acceptors (Lipinski definition) is 5. The maximum atomic E-state index is 13.5. The van der Waals surface area contributed by atoms with Gasteiger partial charge in [0, 0.05) is 24.3 Å². The molecule has 0 radical (unpaired) electrons. The Bertz CT molecular complexity index is 1110. The molecule has 1 aliphatic rings. The molecule has 0 unspecified atom stereocenters. The molecule has 2 heterocycles. The standard InChI is InChI=1S/C28H41N5O/c1-7-12-13-16-22-24(14-8-2)30-27-26(25(15-9-3)31-33(27)28(22)34)29-23-18-17-21(19-20(23)6)32(10-4)11-5/h17-19H,7-16H2,1-6H3. The van der Waals surface area contributed by atoms with Gasteiger partial charge in [0.05, 0.1) is 17.1 Å². The predicted molar refractivity (Wildman–Crippen MR) is 144 cm³/mol. The summed E-state index contributed by atoms with van der Waals surface area (Å²) >= 11 is 0. The first-order valence-corrected chi connectivity index (χ1v) is 13.2. The molecule has 0 atom stereocenters. The summed E-state index contributed by atoms with van der Waals surface area (Å²) in [7, 11) is 0. The highest BCUT2D eigenvalue weighted by Gasteiger charge is 2.28. The summed E-state index contributed by atoms with van der Waals surface area (Å²) in [4.78, 5) is 25.9. The molecule has 3 rings (SSSR count). The van der Waals surface area contributed by atoms with Crippen molar-refractivity contribution in [3.63, 3.8) is 0 Å². The van der Waals surface area contributed by atoms with E-state index < -0.39 is 0 Å². The van der Waals surface area contributed by atoms with Crippen molar-refractivity contribution >= 4 is 22.8 Å². The molecule has 1 aromatic heterocycles. The fourth-order valence-electron chi connectivity index (χ4n) is 4.57. The van der Waals surface area contributed by atoms with Crippen LogP contribution in [0.4, 0.5) is 11.4 Å². The van der Waals surface area contributed by atoms with Gasteiger partial charge in [-0.2, -0.15) is 9.78 Å². The summed E-state index contributed by atoms with van der Waals surface area (Å²) in [5.41, 5.74) is 6.56. The Hall–Kier alpha value is -2.76. The second-order valence-corrected chi connectivity index (χ2v) is 9.08. The molecule has 184 valence electrons. The smallest absolute Gasteiger partial charge is 0.277 e. The van der Waals surface area contributed by atoms with Gasteiger partial charge < -0.3 is 4.90 Å². The van der Waals surface area contributed by atoms with E-state index in [1.165, 1.54) is 10.4 Å². The largest absolute Gasteiger partial charge is 0.372 e. The molecule has 0 N–H and O–H groups in total. The van der Waals surface area contributed by atoms with Crippen LogP contribution in [0.25, 0.3) is 0 Å². The molecular formula is C28H41N5O. The highest BCUT2D eigenvalue weighted by molar-refractivity contribution is 6.49. The predicted octanol–water partition coefficient (Wildman–Crippen LogP) is 6.22. The average Bonchev–Trinajstić information content (AvgIpc) is 3.16. The molecule has 0 spiro atoms. The minimum atomic E-state index is -0.0167. The molecule has 6 nitrogen and oxygen atoms in total. The van der Waals surface area contributed by atoms with Crippen LogP contribution in [0.3, 0.4) is 0 Å².